The van der Waals surface area contributed by atoms with Gasteiger partial charge in [0, 0.05) is 13.2 Å². The molecule has 2 atom stereocenters. The summed E-state index contributed by atoms with van der Waals surface area (Å²) in [5.41, 5.74) is 0.707. The van der Waals surface area contributed by atoms with Gasteiger partial charge in [0.05, 0.1) is 5.60 Å². The first kappa shape index (κ1) is 10.4. The van der Waals surface area contributed by atoms with Crippen molar-refractivity contribution in [3.8, 4) is 0 Å². The SMILES string of the molecule is CC[C@@]1(C)C[C@]2(CCCNC2)CCO1. The van der Waals surface area contributed by atoms with Gasteiger partial charge in [0.15, 0.2) is 0 Å². The van der Waals surface area contributed by atoms with Crippen LogP contribution in [0.1, 0.15) is 46.0 Å². The molecular weight excluding hydrogens is 174 g/mol. The van der Waals surface area contributed by atoms with E-state index in [4.69, 9.17) is 4.74 Å². The zero-order chi connectivity index (χ0) is 10.1. The second-order valence-electron chi connectivity index (χ2n) is 5.36. The molecule has 0 amide bonds. The summed E-state index contributed by atoms with van der Waals surface area (Å²) >= 11 is 0. The lowest BCUT2D eigenvalue weighted by Crippen LogP contribution is -2.50. The first-order chi connectivity index (χ1) is 6.68. The fourth-order valence-electron chi connectivity index (χ4n) is 3.07. The van der Waals surface area contributed by atoms with Crippen LogP contribution in [0.3, 0.4) is 0 Å². The summed E-state index contributed by atoms with van der Waals surface area (Å²) in [7, 11) is 0. The molecule has 2 saturated heterocycles. The van der Waals surface area contributed by atoms with Crippen LogP contribution in [0.25, 0.3) is 0 Å². The number of rotatable bonds is 1. The van der Waals surface area contributed by atoms with Crippen molar-refractivity contribution in [2.24, 2.45) is 5.41 Å². The zero-order valence-electron chi connectivity index (χ0n) is 9.57. The second kappa shape index (κ2) is 3.82. The van der Waals surface area contributed by atoms with Gasteiger partial charge in [-0.1, -0.05) is 6.92 Å². The molecule has 2 rings (SSSR count). The molecule has 82 valence electrons. The minimum atomic E-state index is 0.150. The Hall–Kier alpha value is -0.0800. The summed E-state index contributed by atoms with van der Waals surface area (Å²) in [6.07, 6.45) is 6.41. The number of piperidine rings is 1. The van der Waals surface area contributed by atoms with E-state index in [0.29, 0.717) is 5.41 Å². The lowest BCUT2D eigenvalue weighted by atomic mass is 9.68. The van der Waals surface area contributed by atoms with Crippen molar-refractivity contribution in [1.29, 1.82) is 0 Å². The Bertz CT molecular complexity index is 193. The molecule has 1 N–H and O–H groups in total. The molecule has 0 radical (unpaired) electrons. The highest BCUT2D eigenvalue weighted by molar-refractivity contribution is 4.94. The number of ether oxygens (including phenoxy) is 1. The van der Waals surface area contributed by atoms with Gasteiger partial charge in [-0.15, -0.1) is 0 Å². The van der Waals surface area contributed by atoms with Gasteiger partial charge < -0.3 is 10.1 Å². The Kier molecular flexibility index (Phi) is 2.85. The third kappa shape index (κ3) is 1.96. The van der Waals surface area contributed by atoms with Crippen LogP contribution in [0.4, 0.5) is 0 Å². The van der Waals surface area contributed by atoms with Crippen molar-refractivity contribution >= 4 is 0 Å². The highest BCUT2D eigenvalue weighted by Gasteiger charge is 2.42. The highest BCUT2D eigenvalue weighted by Crippen LogP contribution is 2.44. The molecule has 14 heavy (non-hydrogen) atoms. The van der Waals surface area contributed by atoms with Gasteiger partial charge in [-0.2, -0.15) is 0 Å². The Labute approximate surface area is 87.4 Å². The zero-order valence-corrected chi connectivity index (χ0v) is 9.57. The second-order valence-corrected chi connectivity index (χ2v) is 5.36. The molecule has 0 bridgehead atoms. The van der Waals surface area contributed by atoms with Crippen LogP contribution >= 0.6 is 0 Å². The van der Waals surface area contributed by atoms with Crippen LogP contribution in [0.2, 0.25) is 0 Å². The first-order valence-corrected chi connectivity index (χ1v) is 6.03. The molecule has 0 aromatic rings. The molecule has 2 fully saturated rings. The molecule has 2 heterocycles. The fourth-order valence-corrected chi connectivity index (χ4v) is 3.07. The Balaban J connectivity index is 2.04. The minimum Gasteiger partial charge on any atom is -0.375 e. The lowest BCUT2D eigenvalue weighted by Gasteiger charge is -2.48. The van der Waals surface area contributed by atoms with Gasteiger partial charge >= 0.3 is 0 Å². The third-order valence-electron chi connectivity index (χ3n) is 4.14. The fraction of sp³-hybridized carbons (Fsp3) is 1.00. The predicted molar refractivity (Wildman–Crippen MR) is 58.4 cm³/mol. The summed E-state index contributed by atoms with van der Waals surface area (Å²) in [6, 6.07) is 0. The largest absolute Gasteiger partial charge is 0.375 e. The smallest absolute Gasteiger partial charge is 0.0657 e. The van der Waals surface area contributed by atoms with Crippen LogP contribution in [0, 0.1) is 5.41 Å². The maximum atomic E-state index is 5.91. The molecule has 0 aliphatic carbocycles. The van der Waals surface area contributed by atoms with Gasteiger partial charge in [0.2, 0.25) is 0 Å². The Morgan fingerprint density at radius 3 is 2.86 bits per heavy atom. The Morgan fingerprint density at radius 2 is 2.21 bits per heavy atom. The van der Waals surface area contributed by atoms with Crippen LogP contribution < -0.4 is 5.32 Å². The molecule has 0 saturated carbocycles. The van der Waals surface area contributed by atoms with Crippen molar-refractivity contribution in [3.63, 3.8) is 0 Å². The average Bonchev–Trinajstić information content (AvgIpc) is 2.19. The highest BCUT2D eigenvalue weighted by atomic mass is 16.5. The summed E-state index contributed by atoms with van der Waals surface area (Å²) < 4.78 is 5.91. The standard InChI is InChI=1S/C12H23NO/c1-3-11(2)9-12(6-8-14-11)5-4-7-13-10-12/h13H,3-10H2,1-2H3/t11-,12-/m0/s1. The molecule has 2 aliphatic heterocycles. The number of nitrogens with one attached hydrogen (secondary N) is 1. The lowest BCUT2D eigenvalue weighted by molar-refractivity contribution is -0.122. The summed E-state index contributed by atoms with van der Waals surface area (Å²) in [4.78, 5) is 0. The van der Waals surface area contributed by atoms with Gasteiger partial charge in [0.25, 0.3) is 0 Å². The van der Waals surface area contributed by atoms with E-state index in [0.717, 1.165) is 13.0 Å². The van der Waals surface area contributed by atoms with Crippen LogP contribution in [0.15, 0.2) is 0 Å². The van der Waals surface area contributed by atoms with E-state index in [9.17, 15) is 0 Å². The van der Waals surface area contributed by atoms with E-state index in [1.54, 1.807) is 0 Å². The topological polar surface area (TPSA) is 21.3 Å². The van der Waals surface area contributed by atoms with E-state index in [1.807, 2.05) is 0 Å². The first-order valence-electron chi connectivity index (χ1n) is 6.03. The number of hydrogen-bond donors (Lipinski definition) is 1. The molecule has 2 aliphatic rings. The van der Waals surface area contributed by atoms with Crippen molar-refractivity contribution in [2.45, 2.75) is 51.6 Å². The molecule has 0 aromatic carbocycles. The molecule has 1 spiro atoms. The van der Waals surface area contributed by atoms with Gasteiger partial charge in [-0.3, -0.25) is 0 Å². The monoisotopic (exact) mass is 197 g/mol. The maximum absolute atomic E-state index is 5.91. The van der Waals surface area contributed by atoms with E-state index in [1.165, 1.54) is 38.8 Å². The Morgan fingerprint density at radius 1 is 1.36 bits per heavy atom. The summed E-state index contributed by atoms with van der Waals surface area (Å²) in [5.74, 6) is 0. The van der Waals surface area contributed by atoms with Crippen molar-refractivity contribution < 1.29 is 4.74 Å². The average molecular weight is 197 g/mol. The van der Waals surface area contributed by atoms with E-state index in [2.05, 4.69) is 19.2 Å². The molecule has 2 nitrogen and oxygen atoms in total. The minimum absolute atomic E-state index is 0.150. The van der Waals surface area contributed by atoms with Crippen molar-refractivity contribution in [3.05, 3.63) is 0 Å². The van der Waals surface area contributed by atoms with Crippen LogP contribution in [-0.4, -0.2) is 25.3 Å². The van der Waals surface area contributed by atoms with Gasteiger partial charge in [0.1, 0.15) is 0 Å². The van der Waals surface area contributed by atoms with Gasteiger partial charge in [-0.05, 0) is 51.0 Å². The third-order valence-corrected chi connectivity index (χ3v) is 4.14. The summed E-state index contributed by atoms with van der Waals surface area (Å²) in [6.45, 7) is 7.92. The maximum Gasteiger partial charge on any atom is 0.0657 e. The molecule has 2 heteroatoms. The normalized spacial score (nSPS) is 44.1. The number of hydrogen-bond acceptors (Lipinski definition) is 2. The van der Waals surface area contributed by atoms with Crippen LogP contribution in [-0.2, 0) is 4.74 Å². The van der Waals surface area contributed by atoms with E-state index < -0.39 is 0 Å². The molecule has 0 unspecified atom stereocenters. The van der Waals surface area contributed by atoms with Crippen LogP contribution in [0.5, 0.6) is 0 Å². The molecule has 0 aromatic heterocycles. The molecular formula is C12H23NO. The quantitative estimate of drug-likeness (QED) is 0.696. The summed E-state index contributed by atoms with van der Waals surface area (Å²) in [5, 5.41) is 3.55. The van der Waals surface area contributed by atoms with E-state index in [-0.39, 0.29) is 5.60 Å². The van der Waals surface area contributed by atoms with Gasteiger partial charge in [-0.25, -0.2) is 0 Å². The van der Waals surface area contributed by atoms with Crippen molar-refractivity contribution in [2.75, 3.05) is 19.7 Å². The van der Waals surface area contributed by atoms with Crippen molar-refractivity contribution in [1.82, 2.24) is 5.32 Å². The predicted octanol–water partition coefficient (Wildman–Crippen LogP) is 2.34. The van der Waals surface area contributed by atoms with E-state index >= 15 is 0 Å².